The van der Waals surface area contributed by atoms with Crippen LogP contribution >= 0.6 is 23.4 Å². The van der Waals surface area contributed by atoms with Crippen molar-refractivity contribution in [3.05, 3.63) is 59.6 Å². The molecule has 0 radical (unpaired) electrons. The van der Waals surface area contributed by atoms with Gasteiger partial charge >= 0.3 is 0 Å². The van der Waals surface area contributed by atoms with Crippen LogP contribution in [0.1, 0.15) is 6.42 Å². The van der Waals surface area contributed by atoms with Gasteiger partial charge in [-0.1, -0.05) is 47.6 Å². The molecular formula is C17H15ClN2O3S2. The number of sulfone groups is 1. The molecule has 0 atom stereocenters. The Hall–Kier alpha value is -1.83. The fourth-order valence-corrected chi connectivity index (χ4v) is 4.56. The Kier molecular flexibility index (Phi) is 5.78. The van der Waals surface area contributed by atoms with Crippen LogP contribution in [0.2, 0.25) is 5.02 Å². The Balaban J connectivity index is 1.53. The molecular weight excluding hydrogens is 380 g/mol. The average molecular weight is 395 g/mol. The minimum Gasteiger partial charge on any atom is -0.411 e. The van der Waals surface area contributed by atoms with Crippen LogP contribution in [-0.2, 0) is 9.84 Å². The summed E-state index contributed by atoms with van der Waals surface area (Å²) in [6.07, 6.45) is 0.497. The first-order valence-corrected chi connectivity index (χ1v) is 10.6. The summed E-state index contributed by atoms with van der Waals surface area (Å²) in [6.45, 7) is 0. The topological polar surface area (TPSA) is 73.1 Å². The summed E-state index contributed by atoms with van der Waals surface area (Å²) in [5.74, 6) is 1.05. The molecule has 5 nitrogen and oxygen atoms in total. The molecule has 0 aliphatic carbocycles. The Morgan fingerprint density at radius 2 is 1.84 bits per heavy atom. The molecule has 0 fully saturated rings. The van der Waals surface area contributed by atoms with Crippen LogP contribution in [0.4, 0.5) is 0 Å². The molecule has 0 saturated carbocycles. The summed E-state index contributed by atoms with van der Waals surface area (Å²) in [5.41, 5.74) is 0.749. The fourth-order valence-electron chi connectivity index (χ4n) is 2.16. The maximum Gasteiger partial charge on any atom is 0.276 e. The molecule has 0 unspecified atom stereocenters. The molecule has 2 aromatic carbocycles. The molecule has 3 aromatic rings. The van der Waals surface area contributed by atoms with Gasteiger partial charge in [-0.3, -0.25) is 0 Å². The average Bonchev–Trinajstić information content (AvgIpc) is 3.09. The summed E-state index contributed by atoms with van der Waals surface area (Å²) < 4.78 is 30.0. The van der Waals surface area contributed by atoms with E-state index in [2.05, 4.69) is 10.2 Å². The number of rotatable bonds is 7. The number of nitrogens with zero attached hydrogens (tertiary/aromatic N) is 2. The molecule has 0 amide bonds. The number of benzene rings is 2. The van der Waals surface area contributed by atoms with E-state index in [0.29, 0.717) is 33.2 Å². The van der Waals surface area contributed by atoms with Crippen molar-refractivity contribution < 1.29 is 12.8 Å². The van der Waals surface area contributed by atoms with Gasteiger partial charge in [-0.15, -0.1) is 10.2 Å². The Labute approximate surface area is 155 Å². The van der Waals surface area contributed by atoms with E-state index in [1.807, 2.05) is 12.1 Å². The van der Waals surface area contributed by atoms with E-state index in [4.69, 9.17) is 16.0 Å². The Morgan fingerprint density at radius 1 is 1.04 bits per heavy atom. The first-order valence-electron chi connectivity index (χ1n) is 7.55. The van der Waals surface area contributed by atoms with Gasteiger partial charge in [0.05, 0.1) is 10.6 Å². The lowest BCUT2D eigenvalue weighted by atomic mass is 10.2. The largest absolute Gasteiger partial charge is 0.411 e. The highest BCUT2D eigenvalue weighted by Crippen LogP contribution is 2.25. The summed E-state index contributed by atoms with van der Waals surface area (Å²) >= 11 is 7.28. The Bertz CT molecular complexity index is 943. The van der Waals surface area contributed by atoms with E-state index in [9.17, 15) is 8.42 Å². The van der Waals surface area contributed by atoms with Crippen LogP contribution in [-0.4, -0.2) is 30.1 Å². The van der Waals surface area contributed by atoms with E-state index < -0.39 is 9.84 Å². The second-order valence-corrected chi connectivity index (χ2v) is 8.81. The van der Waals surface area contributed by atoms with Crippen molar-refractivity contribution >= 4 is 33.2 Å². The van der Waals surface area contributed by atoms with Crippen LogP contribution in [0.5, 0.6) is 0 Å². The SMILES string of the molecule is O=S(=O)(CCCSc1nnc(-c2cccc(Cl)c2)o1)c1ccccc1. The van der Waals surface area contributed by atoms with Crippen LogP contribution in [0.3, 0.4) is 0 Å². The second-order valence-electron chi connectivity index (χ2n) is 5.22. The van der Waals surface area contributed by atoms with E-state index in [1.54, 1.807) is 42.5 Å². The van der Waals surface area contributed by atoms with Gasteiger partial charge in [-0.2, -0.15) is 0 Å². The number of hydrogen-bond donors (Lipinski definition) is 0. The third kappa shape index (κ3) is 4.84. The van der Waals surface area contributed by atoms with Crippen LogP contribution in [0.25, 0.3) is 11.5 Å². The second kappa shape index (κ2) is 8.03. The monoisotopic (exact) mass is 394 g/mol. The standard InChI is InChI=1S/C17H15ClN2O3S2/c18-14-7-4-6-13(12-14)16-19-20-17(23-16)24-10-5-11-25(21,22)15-8-2-1-3-9-15/h1-4,6-9,12H,5,10-11H2. The summed E-state index contributed by atoms with van der Waals surface area (Å²) in [7, 11) is -3.25. The smallest absolute Gasteiger partial charge is 0.276 e. The molecule has 1 heterocycles. The zero-order valence-electron chi connectivity index (χ0n) is 13.1. The molecule has 1 aromatic heterocycles. The van der Waals surface area contributed by atoms with Gasteiger partial charge in [-0.25, -0.2) is 8.42 Å². The lowest BCUT2D eigenvalue weighted by molar-refractivity contribution is 0.466. The molecule has 130 valence electrons. The van der Waals surface area contributed by atoms with Gasteiger partial charge in [0.1, 0.15) is 0 Å². The Morgan fingerprint density at radius 3 is 2.60 bits per heavy atom. The van der Waals surface area contributed by atoms with Crippen LogP contribution in [0, 0.1) is 0 Å². The van der Waals surface area contributed by atoms with Crippen LogP contribution in [0.15, 0.2) is 69.1 Å². The third-order valence-electron chi connectivity index (χ3n) is 3.36. The maximum absolute atomic E-state index is 12.2. The molecule has 0 spiro atoms. The van der Waals surface area contributed by atoms with E-state index in [-0.39, 0.29) is 5.75 Å². The van der Waals surface area contributed by atoms with Crippen molar-refractivity contribution in [2.45, 2.75) is 16.5 Å². The van der Waals surface area contributed by atoms with Crippen molar-refractivity contribution in [1.29, 1.82) is 0 Å². The predicted octanol–water partition coefficient (Wildman–Crippen LogP) is 4.35. The van der Waals surface area contributed by atoms with Crippen molar-refractivity contribution in [2.24, 2.45) is 0 Å². The van der Waals surface area contributed by atoms with Crippen molar-refractivity contribution in [2.75, 3.05) is 11.5 Å². The highest BCUT2D eigenvalue weighted by Gasteiger charge is 2.14. The van der Waals surface area contributed by atoms with E-state index >= 15 is 0 Å². The molecule has 0 saturated heterocycles. The van der Waals surface area contributed by atoms with Gasteiger partial charge in [0.25, 0.3) is 5.22 Å². The highest BCUT2D eigenvalue weighted by atomic mass is 35.5. The molecule has 0 aliphatic rings. The molecule has 0 N–H and O–H groups in total. The minimum atomic E-state index is -3.25. The first-order chi connectivity index (χ1) is 12.0. The first kappa shape index (κ1) is 18.0. The zero-order chi connectivity index (χ0) is 17.7. The van der Waals surface area contributed by atoms with Gasteiger partial charge < -0.3 is 4.42 Å². The van der Waals surface area contributed by atoms with Gasteiger partial charge in [0, 0.05) is 16.3 Å². The number of aromatic nitrogens is 2. The summed E-state index contributed by atoms with van der Waals surface area (Å²) in [4.78, 5) is 0.348. The van der Waals surface area contributed by atoms with Crippen molar-refractivity contribution in [3.63, 3.8) is 0 Å². The molecule has 0 bridgehead atoms. The quantitative estimate of drug-likeness (QED) is 0.438. The maximum atomic E-state index is 12.2. The molecule has 25 heavy (non-hydrogen) atoms. The number of halogens is 1. The molecule has 8 heteroatoms. The lowest BCUT2D eigenvalue weighted by Gasteiger charge is -2.03. The van der Waals surface area contributed by atoms with Gasteiger partial charge in [0.2, 0.25) is 5.89 Å². The van der Waals surface area contributed by atoms with E-state index in [1.165, 1.54) is 11.8 Å². The summed E-state index contributed by atoms with van der Waals surface area (Å²) in [6, 6.07) is 15.6. The fraction of sp³-hybridized carbons (Fsp3) is 0.176. The van der Waals surface area contributed by atoms with Crippen LogP contribution < -0.4 is 0 Å². The number of thioether (sulfide) groups is 1. The van der Waals surface area contributed by atoms with Gasteiger partial charge in [0.15, 0.2) is 9.84 Å². The lowest BCUT2D eigenvalue weighted by Crippen LogP contribution is -2.07. The third-order valence-corrected chi connectivity index (χ3v) is 6.32. The van der Waals surface area contributed by atoms with Crippen molar-refractivity contribution in [3.8, 4) is 11.5 Å². The summed E-state index contributed by atoms with van der Waals surface area (Å²) in [5, 5.41) is 8.96. The van der Waals surface area contributed by atoms with Crippen molar-refractivity contribution in [1.82, 2.24) is 10.2 Å². The molecule has 0 aliphatic heterocycles. The number of hydrogen-bond acceptors (Lipinski definition) is 6. The molecule has 3 rings (SSSR count). The highest BCUT2D eigenvalue weighted by molar-refractivity contribution is 7.99. The van der Waals surface area contributed by atoms with Gasteiger partial charge in [-0.05, 0) is 36.8 Å². The normalized spacial score (nSPS) is 11.6. The zero-order valence-corrected chi connectivity index (χ0v) is 15.5. The van der Waals surface area contributed by atoms with E-state index in [0.717, 1.165) is 5.56 Å². The predicted molar refractivity (Wildman–Crippen MR) is 98.6 cm³/mol. The minimum absolute atomic E-state index is 0.0826.